The van der Waals surface area contributed by atoms with Gasteiger partial charge in [0.2, 0.25) is 0 Å². The van der Waals surface area contributed by atoms with Crippen LogP contribution in [0, 0.1) is 0 Å². The SMILES string of the molecule is CCCOCCOCCOCCCCCOc1ccc(C(C)C)cc1. The number of benzene rings is 1. The topological polar surface area (TPSA) is 36.9 Å². The Bertz CT molecular complexity index is 403. The predicted molar refractivity (Wildman–Crippen MR) is 103 cm³/mol. The first-order valence-electron chi connectivity index (χ1n) is 9.70. The van der Waals surface area contributed by atoms with Gasteiger partial charge in [0.1, 0.15) is 5.75 Å². The maximum Gasteiger partial charge on any atom is 0.119 e. The Labute approximate surface area is 153 Å². The predicted octanol–water partition coefficient (Wildman–Crippen LogP) is 4.82. The minimum Gasteiger partial charge on any atom is -0.494 e. The Morgan fingerprint density at radius 3 is 1.84 bits per heavy atom. The fourth-order valence-corrected chi connectivity index (χ4v) is 2.31. The van der Waals surface area contributed by atoms with Gasteiger partial charge in [0.25, 0.3) is 0 Å². The highest BCUT2D eigenvalue weighted by Crippen LogP contribution is 2.18. The molecule has 4 nitrogen and oxygen atoms in total. The van der Waals surface area contributed by atoms with Gasteiger partial charge in [0.15, 0.2) is 0 Å². The minimum atomic E-state index is 0.564. The van der Waals surface area contributed by atoms with Crippen LogP contribution in [0.15, 0.2) is 24.3 Å². The molecule has 1 aromatic rings. The zero-order valence-corrected chi connectivity index (χ0v) is 16.3. The monoisotopic (exact) mass is 352 g/mol. The van der Waals surface area contributed by atoms with Gasteiger partial charge in [-0.1, -0.05) is 32.9 Å². The van der Waals surface area contributed by atoms with E-state index in [1.165, 1.54) is 5.56 Å². The third-order valence-electron chi connectivity index (χ3n) is 3.84. The summed E-state index contributed by atoms with van der Waals surface area (Å²) in [6.45, 7) is 11.5. The lowest BCUT2D eigenvalue weighted by atomic mass is 10.0. The Hall–Kier alpha value is -1.10. The smallest absolute Gasteiger partial charge is 0.119 e. The van der Waals surface area contributed by atoms with Gasteiger partial charge in [0.05, 0.1) is 33.0 Å². The summed E-state index contributed by atoms with van der Waals surface area (Å²) < 4.78 is 22.1. The minimum absolute atomic E-state index is 0.564. The molecule has 0 saturated heterocycles. The van der Waals surface area contributed by atoms with Gasteiger partial charge in [-0.05, 0) is 49.3 Å². The van der Waals surface area contributed by atoms with Gasteiger partial charge < -0.3 is 18.9 Å². The van der Waals surface area contributed by atoms with Crippen molar-refractivity contribution < 1.29 is 18.9 Å². The molecule has 0 N–H and O–H groups in total. The summed E-state index contributed by atoms with van der Waals surface area (Å²) in [5.74, 6) is 1.52. The number of hydrogen-bond acceptors (Lipinski definition) is 4. The molecule has 0 unspecified atom stereocenters. The summed E-state index contributed by atoms with van der Waals surface area (Å²) in [5.41, 5.74) is 1.35. The van der Waals surface area contributed by atoms with E-state index < -0.39 is 0 Å². The number of unbranched alkanes of at least 4 members (excludes halogenated alkanes) is 2. The van der Waals surface area contributed by atoms with E-state index in [2.05, 4.69) is 45.0 Å². The molecule has 25 heavy (non-hydrogen) atoms. The quantitative estimate of drug-likeness (QED) is 0.400. The Morgan fingerprint density at radius 2 is 1.24 bits per heavy atom. The maximum absolute atomic E-state index is 5.77. The van der Waals surface area contributed by atoms with Crippen molar-refractivity contribution in [2.45, 2.75) is 52.4 Å². The van der Waals surface area contributed by atoms with Crippen LogP contribution in [0.2, 0.25) is 0 Å². The van der Waals surface area contributed by atoms with Crippen LogP contribution in [0.4, 0.5) is 0 Å². The lowest BCUT2D eigenvalue weighted by Gasteiger charge is -2.09. The summed E-state index contributed by atoms with van der Waals surface area (Å²) in [7, 11) is 0. The van der Waals surface area contributed by atoms with E-state index in [1.54, 1.807) is 0 Å². The lowest BCUT2D eigenvalue weighted by Crippen LogP contribution is -2.10. The molecular formula is C21H36O4. The van der Waals surface area contributed by atoms with Crippen molar-refractivity contribution >= 4 is 0 Å². The Balaban J connectivity index is 1.84. The van der Waals surface area contributed by atoms with Crippen LogP contribution in [0.1, 0.15) is 57.9 Å². The molecule has 0 bridgehead atoms. The van der Waals surface area contributed by atoms with Crippen LogP contribution in [0.3, 0.4) is 0 Å². The van der Waals surface area contributed by atoms with Crippen LogP contribution >= 0.6 is 0 Å². The summed E-state index contributed by atoms with van der Waals surface area (Å²) >= 11 is 0. The summed E-state index contributed by atoms with van der Waals surface area (Å²) in [6, 6.07) is 8.41. The maximum atomic E-state index is 5.77. The van der Waals surface area contributed by atoms with Crippen molar-refractivity contribution in [3.63, 3.8) is 0 Å². The van der Waals surface area contributed by atoms with Gasteiger partial charge in [0, 0.05) is 13.2 Å². The molecule has 0 heterocycles. The highest BCUT2D eigenvalue weighted by atomic mass is 16.5. The largest absolute Gasteiger partial charge is 0.494 e. The van der Waals surface area contributed by atoms with Crippen molar-refractivity contribution in [1.29, 1.82) is 0 Å². The molecule has 1 aromatic carbocycles. The second-order valence-corrected chi connectivity index (χ2v) is 6.47. The van der Waals surface area contributed by atoms with Crippen LogP contribution in [-0.4, -0.2) is 46.2 Å². The molecule has 4 heteroatoms. The zero-order valence-electron chi connectivity index (χ0n) is 16.3. The second kappa shape index (κ2) is 15.2. The fraction of sp³-hybridized carbons (Fsp3) is 0.714. The molecule has 0 aliphatic heterocycles. The average Bonchev–Trinajstić information content (AvgIpc) is 2.62. The molecular weight excluding hydrogens is 316 g/mol. The van der Waals surface area contributed by atoms with Crippen molar-refractivity contribution in [3.8, 4) is 5.75 Å². The Kier molecular flexibility index (Phi) is 13.3. The molecule has 0 fully saturated rings. The molecule has 0 amide bonds. The molecule has 0 spiro atoms. The van der Waals surface area contributed by atoms with Gasteiger partial charge >= 0.3 is 0 Å². The van der Waals surface area contributed by atoms with Crippen LogP contribution in [-0.2, 0) is 14.2 Å². The van der Waals surface area contributed by atoms with Crippen molar-refractivity contribution in [2.24, 2.45) is 0 Å². The zero-order chi connectivity index (χ0) is 18.2. The highest BCUT2D eigenvalue weighted by Gasteiger charge is 1.99. The first-order chi connectivity index (χ1) is 12.2. The number of hydrogen-bond donors (Lipinski definition) is 0. The Morgan fingerprint density at radius 1 is 0.680 bits per heavy atom. The summed E-state index contributed by atoms with van der Waals surface area (Å²) in [6.07, 6.45) is 4.30. The second-order valence-electron chi connectivity index (χ2n) is 6.47. The molecule has 144 valence electrons. The van der Waals surface area contributed by atoms with Crippen molar-refractivity contribution in [2.75, 3.05) is 46.2 Å². The van der Waals surface area contributed by atoms with E-state index in [4.69, 9.17) is 18.9 Å². The van der Waals surface area contributed by atoms with Gasteiger partial charge in [-0.15, -0.1) is 0 Å². The molecule has 0 saturated carbocycles. The first kappa shape index (κ1) is 21.9. The number of rotatable bonds is 16. The van der Waals surface area contributed by atoms with Gasteiger partial charge in [-0.3, -0.25) is 0 Å². The van der Waals surface area contributed by atoms with E-state index in [0.29, 0.717) is 32.3 Å². The molecule has 0 radical (unpaired) electrons. The molecule has 0 aliphatic carbocycles. The number of ether oxygens (including phenoxy) is 4. The first-order valence-corrected chi connectivity index (χ1v) is 9.70. The average molecular weight is 353 g/mol. The lowest BCUT2D eigenvalue weighted by molar-refractivity contribution is 0.0139. The summed E-state index contributed by atoms with van der Waals surface area (Å²) in [4.78, 5) is 0. The van der Waals surface area contributed by atoms with E-state index in [1.807, 2.05) is 0 Å². The van der Waals surface area contributed by atoms with E-state index >= 15 is 0 Å². The highest BCUT2D eigenvalue weighted by molar-refractivity contribution is 5.28. The van der Waals surface area contributed by atoms with Crippen molar-refractivity contribution in [3.05, 3.63) is 29.8 Å². The van der Waals surface area contributed by atoms with E-state index in [0.717, 1.165) is 51.3 Å². The van der Waals surface area contributed by atoms with Gasteiger partial charge in [-0.25, -0.2) is 0 Å². The molecule has 0 aromatic heterocycles. The van der Waals surface area contributed by atoms with Crippen LogP contribution in [0.5, 0.6) is 5.75 Å². The third kappa shape index (κ3) is 12.0. The molecule has 0 aliphatic rings. The van der Waals surface area contributed by atoms with Crippen LogP contribution in [0.25, 0.3) is 0 Å². The molecule has 0 atom stereocenters. The normalized spacial score (nSPS) is 11.2. The van der Waals surface area contributed by atoms with Crippen molar-refractivity contribution in [1.82, 2.24) is 0 Å². The van der Waals surface area contributed by atoms with Gasteiger partial charge in [-0.2, -0.15) is 0 Å². The van der Waals surface area contributed by atoms with Crippen LogP contribution < -0.4 is 4.74 Å². The van der Waals surface area contributed by atoms with E-state index in [9.17, 15) is 0 Å². The summed E-state index contributed by atoms with van der Waals surface area (Å²) in [5, 5.41) is 0. The fourth-order valence-electron chi connectivity index (χ4n) is 2.31. The standard InChI is InChI=1S/C21H36O4/c1-4-12-22-15-17-24-18-16-23-13-6-5-7-14-25-21-10-8-20(9-11-21)19(2)3/h8-11,19H,4-7,12-18H2,1-3H3. The van der Waals surface area contributed by atoms with E-state index in [-0.39, 0.29) is 0 Å². The third-order valence-corrected chi connectivity index (χ3v) is 3.84. The molecule has 1 rings (SSSR count).